The largest absolute Gasteiger partial charge is 0.460 e. The zero-order chi connectivity index (χ0) is 17.1. The molecule has 0 saturated carbocycles. The minimum atomic E-state index is -0.407. The molecule has 0 bridgehead atoms. The highest BCUT2D eigenvalue weighted by atomic mass is 32.1. The Labute approximate surface area is 144 Å². The second-order valence-corrected chi connectivity index (χ2v) is 5.49. The minimum absolute atomic E-state index is 0.310. The molecule has 122 valence electrons. The fraction of sp³-hybridized carbons (Fsp3) is 0.125. The molecule has 7 nitrogen and oxygen atoms in total. The van der Waals surface area contributed by atoms with E-state index in [4.69, 9.17) is 4.42 Å². The normalized spacial score (nSPS) is 10.6. The lowest BCUT2D eigenvalue weighted by molar-refractivity contribution is 0.241. The van der Waals surface area contributed by atoms with Crippen molar-refractivity contribution in [3.63, 3.8) is 0 Å². The Morgan fingerprint density at radius 2 is 2.21 bits per heavy atom. The smallest absolute Gasteiger partial charge is 0.333 e. The maximum absolute atomic E-state index is 11.9. The van der Waals surface area contributed by atoms with E-state index in [2.05, 4.69) is 39.7 Å². The number of fused-ring (bicyclic) bond motifs is 1. The van der Waals surface area contributed by atoms with Gasteiger partial charge in [0.05, 0.1) is 12.7 Å². The lowest BCUT2D eigenvalue weighted by Crippen LogP contribution is -2.27. The zero-order valence-corrected chi connectivity index (χ0v) is 13.8. The summed E-state index contributed by atoms with van der Waals surface area (Å²) in [5, 5.41) is 2.64. The second-order valence-electron chi connectivity index (χ2n) is 5.01. The molecule has 3 rings (SSSR count). The number of amides is 2. The van der Waals surface area contributed by atoms with Crippen molar-refractivity contribution in [2.75, 3.05) is 11.9 Å². The van der Waals surface area contributed by atoms with Gasteiger partial charge in [-0.1, -0.05) is 18.9 Å². The molecule has 3 aromatic heterocycles. The molecule has 0 aliphatic rings. The van der Waals surface area contributed by atoms with Crippen LogP contribution in [0.15, 0.2) is 47.5 Å². The standard InChI is InChI=1S/C16H15N5O2S/c1-3-8-21(24)16(22)20-14-7-5-11-15(19-14)18-12(9-17-11)13-6-4-10(2)23-13/h3-7,9,24H,1,8H2,2H3,(H,18,19,20,22). The van der Waals surface area contributed by atoms with Crippen LogP contribution in [0.1, 0.15) is 5.76 Å². The Morgan fingerprint density at radius 3 is 2.92 bits per heavy atom. The Hall–Kier alpha value is -2.87. The summed E-state index contributed by atoms with van der Waals surface area (Å²) in [5.41, 5.74) is 1.61. The summed E-state index contributed by atoms with van der Waals surface area (Å²) in [6.45, 7) is 5.73. The molecule has 0 atom stereocenters. The summed E-state index contributed by atoms with van der Waals surface area (Å²) in [7, 11) is 0. The van der Waals surface area contributed by atoms with Crippen molar-refractivity contribution in [3.8, 4) is 11.5 Å². The number of nitrogens with one attached hydrogen (secondary N) is 1. The van der Waals surface area contributed by atoms with Crippen LogP contribution in [0.3, 0.4) is 0 Å². The van der Waals surface area contributed by atoms with Gasteiger partial charge in [0.15, 0.2) is 11.4 Å². The Bertz CT molecular complexity index is 908. The molecule has 24 heavy (non-hydrogen) atoms. The van der Waals surface area contributed by atoms with Crippen LogP contribution >= 0.6 is 12.8 Å². The van der Waals surface area contributed by atoms with Gasteiger partial charge in [0.1, 0.15) is 22.8 Å². The van der Waals surface area contributed by atoms with Crippen molar-refractivity contribution < 1.29 is 9.21 Å². The van der Waals surface area contributed by atoms with Crippen LogP contribution in [0.25, 0.3) is 22.6 Å². The Kier molecular flexibility index (Phi) is 4.48. The van der Waals surface area contributed by atoms with Crippen molar-refractivity contribution in [1.82, 2.24) is 19.3 Å². The molecule has 2 amide bonds. The number of nitrogens with zero attached hydrogens (tertiary/aromatic N) is 4. The molecule has 0 aliphatic heterocycles. The number of furan rings is 1. The maximum Gasteiger partial charge on any atom is 0.333 e. The third kappa shape index (κ3) is 3.38. The molecule has 3 aromatic rings. The highest BCUT2D eigenvalue weighted by Gasteiger charge is 2.11. The van der Waals surface area contributed by atoms with Gasteiger partial charge in [-0.15, -0.1) is 6.58 Å². The van der Waals surface area contributed by atoms with E-state index in [9.17, 15) is 4.79 Å². The number of anilines is 1. The monoisotopic (exact) mass is 341 g/mol. The van der Waals surface area contributed by atoms with Crippen molar-refractivity contribution in [2.45, 2.75) is 6.92 Å². The molecule has 3 heterocycles. The fourth-order valence-electron chi connectivity index (χ4n) is 2.04. The van der Waals surface area contributed by atoms with Gasteiger partial charge in [-0.3, -0.25) is 14.6 Å². The van der Waals surface area contributed by atoms with E-state index in [0.29, 0.717) is 35.0 Å². The first-order valence-electron chi connectivity index (χ1n) is 7.15. The third-order valence-electron chi connectivity index (χ3n) is 3.17. The number of urea groups is 1. The van der Waals surface area contributed by atoms with Gasteiger partial charge in [0.25, 0.3) is 0 Å². The van der Waals surface area contributed by atoms with Gasteiger partial charge in [0.2, 0.25) is 0 Å². The quantitative estimate of drug-likeness (QED) is 0.561. The first-order chi connectivity index (χ1) is 11.6. The van der Waals surface area contributed by atoms with E-state index in [-0.39, 0.29) is 0 Å². The van der Waals surface area contributed by atoms with Crippen molar-refractivity contribution in [2.24, 2.45) is 0 Å². The van der Waals surface area contributed by atoms with Crippen LogP contribution in [0, 0.1) is 6.92 Å². The Morgan fingerprint density at radius 1 is 1.38 bits per heavy atom. The van der Waals surface area contributed by atoms with Crippen molar-refractivity contribution >= 4 is 35.8 Å². The van der Waals surface area contributed by atoms with Gasteiger partial charge < -0.3 is 4.42 Å². The number of pyridine rings is 1. The van der Waals surface area contributed by atoms with E-state index in [1.165, 1.54) is 4.31 Å². The summed E-state index contributed by atoms with van der Waals surface area (Å²) >= 11 is 4.06. The van der Waals surface area contributed by atoms with Gasteiger partial charge in [-0.2, -0.15) is 0 Å². The van der Waals surface area contributed by atoms with Crippen LogP contribution in [0.5, 0.6) is 0 Å². The van der Waals surface area contributed by atoms with Crippen LogP contribution in [0.2, 0.25) is 0 Å². The average Bonchev–Trinajstić information content (AvgIpc) is 3.01. The molecule has 1 N–H and O–H groups in total. The molecule has 0 saturated heterocycles. The predicted octanol–water partition coefficient (Wildman–Crippen LogP) is 3.46. The number of hydrogen-bond acceptors (Lipinski definition) is 6. The summed E-state index contributed by atoms with van der Waals surface area (Å²) in [5.74, 6) is 1.76. The third-order valence-corrected chi connectivity index (χ3v) is 3.52. The molecular weight excluding hydrogens is 326 g/mol. The first-order valence-corrected chi connectivity index (χ1v) is 7.55. The Balaban J connectivity index is 1.89. The lowest BCUT2D eigenvalue weighted by atomic mass is 10.3. The van der Waals surface area contributed by atoms with Crippen molar-refractivity contribution in [3.05, 3.63) is 48.9 Å². The van der Waals surface area contributed by atoms with E-state index in [1.807, 2.05) is 19.1 Å². The number of rotatable bonds is 4. The van der Waals surface area contributed by atoms with E-state index >= 15 is 0 Å². The molecule has 0 spiro atoms. The number of hydrogen-bond donors (Lipinski definition) is 2. The molecule has 8 heteroatoms. The average molecular weight is 341 g/mol. The predicted molar refractivity (Wildman–Crippen MR) is 94.7 cm³/mol. The zero-order valence-electron chi connectivity index (χ0n) is 12.9. The molecular formula is C16H15N5O2S. The summed E-state index contributed by atoms with van der Waals surface area (Å²) in [6, 6.07) is 6.66. The van der Waals surface area contributed by atoms with Crippen LogP contribution in [-0.2, 0) is 0 Å². The van der Waals surface area contributed by atoms with Gasteiger partial charge >= 0.3 is 6.03 Å². The summed E-state index contributed by atoms with van der Waals surface area (Å²) in [4.78, 5) is 25.0. The topological polar surface area (TPSA) is 84.2 Å². The first kappa shape index (κ1) is 16.0. The highest BCUT2D eigenvalue weighted by molar-refractivity contribution is 7.78. The van der Waals surface area contributed by atoms with Gasteiger partial charge in [-0.25, -0.2) is 14.8 Å². The van der Waals surface area contributed by atoms with Gasteiger partial charge in [-0.05, 0) is 31.2 Å². The van der Waals surface area contributed by atoms with Crippen LogP contribution < -0.4 is 5.32 Å². The van der Waals surface area contributed by atoms with E-state index in [0.717, 1.165) is 5.76 Å². The molecule has 0 aromatic carbocycles. The summed E-state index contributed by atoms with van der Waals surface area (Å²) in [6.07, 6.45) is 3.20. The van der Waals surface area contributed by atoms with Crippen molar-refractivity contribution in [1.29, 1.82) is 0 Å². The maximum atomic E-state index is 11.9. The van der Waals surface area contributed by atoms with Gasteiger partial charge in [0, 0.05) is 0 Å². The van der Waals surface area contributed by atoms with E-state index < -0.39 is 6.03 Å². The van der Waals surface area contributed by atoms with Crippen LogP contribution in [0.4, 0.5) is 10.6 Å². The molecule has 0 radical (unpaired) electrons. The number of aromatic nitrogens is 3. The molecule has 0 aliphatic carbocycles. The highest BCUT2D eigenvalue weighted by Crippen LogP contribution is 2.21. The number of carbonyl (C=O) groups is 1. The molecule has 0 fully saturated rings. The summed E-state index contributed by atoms with van der Waals surface area (Å²) < 4.78 is 6.73. The minimum Gasteiger partial charge on any atom is -0.460 e. The van der Waals surface area contributed by atoms with Crippen LogP contribution in [-0.4, -0.2) is 31.8 Å². The van der Waals surface area contributed by atoms with E-state index in [1.54, 1.807) is 24.4 Å². The number of aryl methyl sites for hydroxylation is 1. The second kappa shape index (κ2) is 6.71. The fourth-order valence-corrected chi connectivity index (χ4v) is 2.20. The molecule has 0 unspecified atom stereocenters. The SMILES string of the molecule is C=CCN(S)C(=O)Nc1ccc2ncc(-c3ccc(C)o3)nc2n1. The number of thiol groups is 1. The lowest BCUT2D eigenvalue weighted by Gasteiger charge is -2.13. The number of carbonyl (C=O) groups excluding carboxylic acids is 1.